The van der Waals surface area contributed by atoms with Crippen molar-refractivity contribution < 1.29 is 9.57 Å². The quantitative estimate of drug-likeness (QED) is 0.455. The molecule has 104 valence electrons. The van der Waals surface area contributed by atoms with E-state index in [1.165, 1.54) is 0 Å². The van der Waals surface area contributed by atoms with Gasteiger partial charge in [0, 0.05) is 23.2 Å². The van der Waals surface area contributed by atoms with Crippen molar-refractivity contribution in [2.24, 2.45) is 5.16 Å². The molecule has 0 aliphatic heterocycles. The molecule has 0 saturated heterocycles. The summed E-state index contributed by atoms with van der Waals surface area (Å²) >= 11 is 3.41. The van der Waals surface area contributed by atoms with Crippen LogP contribution in [0.3, 0.4) is 0 Å². The SMILES string of the molecule is CCO/N=C(\CBr)c1cccc(Oc2ccccn2)c1. The third kappa shape index (κ3) is 4.06. The molecule has 0 unspecified atom stereocenters. The van der Waals surface area contributed by atoms with Gasteiger partial charge in [0.25, 0.3) is 0 Å². The maximum Gasteiger partial charge on any atom is 0.219 e. The highest BCUT2D eigenvalue weighted by Gasteiger charge is 2.05. The highest BCUT2D eigenvalue weighted by atomic mass is 79.9. The topological polar surface area (TPSA) is 43.7 Å². The van der Waals surface area contributed by atoms with Crippen LogP contribution >= 0.6 is 15.9 Å². The molecule has 20 heavy (non-hydrogen) atoms. The Morgan fingerprint density at radius 1 is 1.25 bits per heavy atom. The first-order valence-electron chi connectivity index (χ1n) is 6.27. The van der Waals surface area contributed by atoms with Crippen molar-refractivity contribution in [2.45, 2.75) is 6.92 Å². The molecule has 2 aromatic rings. The zero-order valence-corrected chi connectivity index (χ0v) is 12.7. The third-order valence-electron chi connectivity index (χ3n) is 2.46. The summed E-state index contributed by atoms with van der Waals surface area (Å²) in [6.45, 7) is 2.44. The maximum atomic E-state index is 5.70. The number of hydrogen-bond donors (Lipinski definition) is 0. The predicted octanol–water partition coefficient (Wildman–Crippen LogP) is 4.01. The summed E-state index contributed by atoms with van der Waals surface area (Å²) in [5.41, 5.74) is 1.77. The van der Waals surface area contributed by atoms with Crippen LogP contribution in [-0.2, 0) is 4.84 Å². The molecular weight excluding hydrogens is 320 g/mol. The first kappa shape index (κ1) is 14.5. The van der Waals surface area contributed by atoms with Gasteiger partial charge < -0.3 is 9.57 Å². The van der Waals surface area contributed by atoms with Crippen molar-refractivity contribution in [3.8, 4) is 11.6 Å². The van der Waals surface area contributed by atoms with Gasteiger partial charge in [0.1, 0.15) is 12.4 Å². The van der Waals surface area contributed by atoms with E-state index in [-0.39, 0.29) is 0 Å². The molecular formula is C15H15BrN2O2. The van der Waals surface area contributed by atoms with Crippen molar-refractivity contribution in [3.63, 3.8) is 0 Å². The van der Waals surface area contributed by atoms with Crippen molar-refractivity contribution in [2.75, 3.05) is 11.9 Å². The second kappa shape index (κ2) is 7.65. The molecule has 1 aromatic heterocycles. The fourth-order valence-corrected chi connectivity index (χ4v) is 1.99. The summed E-state index contributed by atoms with van der Waals surface area (Å²) in [5, 5.41) is 4.69. The summed E-state index contributed by atoms with van der Waals surface area (Å²) in [6, 6.07) is 13.2. The van der Waals surface area contributed by atoms with E-state index < -0.39 is 0 Å². The number of hydrogen-bond acceptors (Lipinski definition) is 4. The van der Waals surface area contributed by atoms with Gasteiger partial charge in [-0.1, -0.05) is 39.3 Å². The number of alkyl halides is 1. The molecule has 1 aromatic carbocycles. The van der Waals surface area contributed by atoms with Crippen LogP contribution in [0.25, 0.3) is 0 Å². The number of aromatic nitrogens is 1. The van der Waals surface area contributed by atoms with E-state index in [0.717, 1.165) is 11.3 Å². The van der Waals surface area contributed by atoms with Crippen molar-refractivity contribution in [1.29, 1.82) is 0 Å². The van der Waals surface area contributed by atoms with Gasteiger partial charge >= 0.3 is 0 Å². The van der Waals surface area contributed by atoms with E-state index in [2.05, 4.69) is 26.1 Å². The summed E-state index contributed by atoms with van der Waals surface area (Å²) in [4.78, 5) is 9.24. The van der Waals surface area contributed by atoms with E-state index in [0.29, 0.717) is 23.6 Å². The number of oxime groups is 1. The second-order valence-electron chi connectivity index (χ2n) is 3.89. The molecule has 0 radical (unpaired) electrons. The minimum atomic E-state index is 0.542. The number of pyridine rings is 1. The number of halogens is 1. The Hall–Kier alpha value is -1.88. The molecule has 5 heteroatoms. The molecule has 0 aliphatic rings. The van der Waals surface area contributed by atoms with E-state index in [1.54, 1.807) is 6.20 Å². The average molecular weight is 335 g/mol. The van der Waals surface area contributed by atoms with Crippen LogP contribution in [-0.4, -0.2) is 22.6 Å². The highest BCUT2D eigenvalue weighted by Crippen LogP contribution is 2.20. The van der Waals surface area contributed by atoms with Crippen molar-refractivity contribution in [3.05, 3.63) is 54.2 Å². The zero-order chi connectivity index (χ0) is 14.2. The average Bonchev–Trinajstić information content (AvgIpc) is 2.49. The Balaban J connectivity index is 2.19. The maximum absolute atomic E-state index is 5.70. The molecule has 0 aliphatic carbocycles. The van der Waals surface area contributed by atoms with E-state index in [9.17, 15) is 0 Å². The second-order valence-corrected chi connectivity index (χ2v) is 4.45. The Labute approximate surface area is 126 Å². The standard InChI is InChI=1S/C15H15BrN2O2/c1-2-19-18-14(11-16)12-6-5-7-13(10-12)20-15-8-3-4-9-17-15/h3-10H,2,11H2,1H3/b18-14+. The van der Waals surface area contributed by atoms with Gasteiger partial charge in [-0.15, -0.1) is 0 Å². The smallest absolute Gasteiger partial charge is 0.219 e. The van der Waals surface area contributed by atoms with Gasteiger partial charge in [0.05, 0.1) is 5.71 Å². The number of nitrogens with zero attached hydrogens (tertiary/aromatic N) is 2. The summed E-state index contributed by atoms with van der Waals surface area (Å²) in [6.07, 6.45) is 1.69. The third-order valence-corrected chi connectivity index (χ3v) is 2.99. The first-order valence-corrected chi connectivity index (χ1v) is 7.39. The number of ether oxygens (including phenoxy) is 1. The minimum Gasteiger partial charge on any atom is -0.439 e. The monoisotopic (exact) mass is 334 g/mol. The first-order chi connectivity index (χ1) is 9.83. The molecule has 0 spiro atoms. The van der Waals surface area contributed by atoms with Gasteiger partial charge in [0.2, 0.25) is 5.88 Å². The van der Waals surface area contributed by atoms with Gasteiger partial charge in [-0.3, -0.25) is 0 Å². The Morgan fingerprint density at radius 3 is 2.85 bits per heavy atom. The highest BCUT2D eigenvalue weighted by molar-refractivity contribution is 9.09. The van der Waals surface area contributed by atoms with E-state index in [4.69, 9.17) is 9.57 Å². The predicted molar refractivity (Wildman–Crippen MR) is 82.7 cm³/mol. The molecule has 0 bridgehead atoms. The number of benzene rings is 1. The number of rotatable bonds is 6. The van der Waals surface area contributed by atoms with Gasteiger partial charge in [-0.05, 0) is 25.1 Å². The van der Waals surface area contributed by atoms with Crippen LogP contribution in [0.5, 0.6) is 11.6 Å². The summed E-state index contributed by atoms with van der Waals surface area (Å²) in [5.74, 6) is 1.28. The van der Waals surface area contributed by atoms with E-state index >= 15 is 0 Å². The molecule has 0 saturated carbocycles. The van der Waals surface area contributed by atoms with Crippen LogP contribution < -0.4 is 4.74 Å². The van der Waals surface area contributed by atoms with Crippen LogP contribution in [0, 0.1) is 0 Å². The lowest BCUT2D eigenvalue weighted by Gasteiger charge is -2.07. The molecule has 0 atom stereocenters. The van der Waals surface area contributed by atoms with Gasteiger partial charge in [-0.25, -0.2) is 4.98 Å². The molecule has 2 rings (SSSR count). The van der Waals surface area contributed by atoms with E-state index in [1.807, 2.05) is 49.4 Å². The normalized spacial score (nSPS) is 11.2. The van der Waals surface area contributed by atoms with Crippen LogP contribution in [0.15, 0.2) is 53.8 Å². The fourth-order valence-electron chi connectivity index (χ4n) is 1.56. The molecule has 0 N–H and O–H groups in total. The lowest BCUT2D eigenvalue weighted by atomic mass is 10.1. The fraction of sp³-hybridized carbons (Fsp3) is 0.200. The lowest BCUT2D eigenvalue weighted by Crippen LogP contribution is -2.04. The largest absolute Gasteiger partial charge is 0.439 e. The zero-order valence-electron chi connectivity index (χ0n) is 11.1. The molecule has 4 nitrogen and oxygen atoms in total. The molecule has 1 heterocycles. The molecule has 0 fully saturated rings. The van der Waals surface area contributed by atoms with Crippen molar-refractivity contribution >= 4 is 21.6 Å². The molecule has 0 amide bonds. The minimum absolute atomic E-state index is 0.542. The summed E-state index contributed by atoms with van der Waals surface area (Å²) in [7, 11) is 0. The van der Waals surface area contributed by atoms with Gasteiger partial charge in [-0.2, -0.15) is 0 Å². The van der Waals surface area contributed by atoms with Crippen LogP contribution in [0.4, 0.5) is 0 Å². The van der Waals surface area contributed by atoms with Crippen LogP contribution in [0.1, 0.15) is 12.5 Å². The Kier molecular flexibility index (Phi) is 5.55. The van der Waals surface area contributed by atoms with Crippen molar-refractivity contribution in [1.82, 2.24) is 4.98 Å². The van der Waals surface area contributed by atoms with Crippen LogP contribution in [0.2, 0.25) is 0 Å². The Bertz CT molecular complexity index is 573. The Morgan fingerprint density at radius 2 is 2.15 bits per heavy atom. The summed E-state index contributed by atoms with van der Waals surface area (Å²) < 4.78 is 5.70. The van der Waals surface area contributed by atoms with Gasteiger partial charge in [0.15, 0.2) is 0 Å². The lowest BCUT2D eigenvalue weighted by molar-refractivity contribution is 0.159.